The van der Waals surface area contributed by atoms with Crippen molar-refractivity contribution in [3.8, 4) is 0 Å². The minimum atomic E-state index is -0.772. The minimum absolute atomic E-state index is 0. The number of hydrogen-bond donors (Lipinski definition) is 0. The van der Waals surface area contributed by atoms with E-state index in [-0.39, 0.29) is 59.6 Å². The van der Waals surface area contributed by atoms with Gasteiger partial charge >= 0.3 is 98.4 Å². The second-order valence-electron chi connectivity index (χ2n) is 4.86. The molecule has 0 aliphatic heterocycles. The molecular weight excluding hydrogens is 370 g/mol. The Kier molecular flexibility index (Phi) is 9.73. The Labute approximate surface area is 134 Å². The van der Waals surface area contributed by atoms with Crippen LogP contribution in [0.4, 0.5) is 0 Å². The zero-order chi connectivity index (χ0) is 10.2. The maximum Gasteiger partial charge on any atom is -1.00 e. The first-order valence-electron chi connectivity index (χ1n) is 5.11. The van der Waals surface area contributed by atoms with Crippen LogP contribution in [0.5, 0.6) is 0 Å². The average molecular weight is 386 g/mol. The van der Waals surface area contributed by atoms with Gasteiger partial charge in [-0.15, -0.1) is 0 Å². The second kappa shape index (κ2) is 8.17. The fourth-order valence-corrected chi connectivity index (χ4v) is 12.6. The zero-order valence-electron chi connectivity index (χ0n) is 10.2. The standard InChI is InChI=1S/C9H7.C3H9Si.3ClH.Zr/c1-2-5-9-7-3-6-8(9)4-1;1-4(2)3;;;;/h1-7H;1-3H3;3*1H;/q;;;;;+3/p-3. The maximum absolute atomic E-state index is 2.52. The summed E-state index contributed by atoms with van der Waals surface area (Å²) in [7, 11) is 0. The van der Waals surface area contributed by atoms with Crippen LogP contribution in [0.15, 0.2) is 30.3 Å². The van der Waals surface area contributed by atoms with Gasteiger partial charge in [0, 0.05) is 0 Å². The first kappa shape index (κ1) is 20.3. The third-order valence-electron chi connectivity index (χ3n) is 2.39. The Morgan fingerprint density at radius 1 is 1.00 bits per heavy atom. The number of rotatable bonds is 2. The first-order chi connectivity index (χ1) is 6.56. The van der Waals surface area contributed by atoms with Crippen molar-refractivity contribution in [1.29, 1.82) is 0 Å². The summed E-state index contributed by atoms with van der Waals surface area (Å²) in [5.74, 6) is 0. The SMILES string of the molecule is C[Si](C)(C)[Zr+3][CH]1C=Cc2ccccc21.[Cl-].[Cl-].[Cl-]. The predicted octanol–water partition coefficient (Wildman–Crippen LogP) is -5.32. The van der Waals surface area contributed by atoms with Gasteiger partial charge in [0.25, 0.3) is 0 Å². The Balaban J connectivity index is 0. The van der Waals surface area contributed by atoms with E-state index in [1.54, 1.807) is 5.56 Å². The number of hydrogen-bond acceptors (Lipinski definition) is 0. The third kappa shape index (κ3) is 5.61. The van der Waals surface area contributed by atoms with Crippen LogP contribution >= 0.6 is 0 Å². The number of benzene rings is 1. The normalized spacial score (nSPS) is 15.8. The molecule has 5 heteroatoms. The van der Waals surface area contributed by atoms with Gasteiger partial charge in [-0.2, -0.15) is 0 Å². The summed E-state index contributed by atoms with van der Waals surface area (Å²) in [4.78, 5) is 0. The quantitative estimate of drug-likeness (QED) is 0.446. The van der Waals surface area contributed by atoms with Crippen molar-refractivity contribution < 1.29 is 59.6 Å². The van der Waals surface area contributed by atoms with E-state index in [0.717, 1.165) is 3.63 Å². The molecule has 0 spiro atoms. The molecule has 93 valence electrons. The smallest absolute Gasteiger partial charge is 1.00 e. The van der Waals surface area contributed by atoms with Crippen molar-refractivity contribution in [2.45, 2.75) is 23.3 Å². The Morgan fingerprint density at radius 3 is 2.18 bits per heavy atom. The topological polar surface area (TPSA) is 0 Å². The number of allylic oxidation sites excluding steroid dienone is 1. The van der Waals surface area contributed by atoms with Gasteiger partial charge in [0.05, 0.1) is 0 Å². The molecule has 0 saturated heterocycles. The number of fused-ring (bicyclic) bond motifs is 1. The maximum atomic E-state index is 2.52. The molecule has 1 aromatic rings. The third-order valence-corrected chi connectivity index (χ3v) is 13.5. The van der Waals surface area contributed by atoms with Gasteiger partial charge in [0.2, 0.25) is 0 Å². The number of halogens is 3. The van der Waals surface area contributed by atoms with Crippen LogP contribution in [0.2, 0.25) is 19.6 Å². The van der Waals surface area contributed by atoms with E-state index >= 15 is 0 Å². The Hall–Kier alpha value is 0.930. The van der Waals surface area contributed by atoms with Crippen LogP contribution in [0.3, 0.4) is 0 Å². The fraction of sp³-hybridized carbons (Fsp3) is 0.333. The molecule has 0 bridgehead atoms. The molecule has 0 saturated carbocycles. The van der Waals surface area contributed by atoms with Crippen molar-refractivity contribution in [3.63, 3.8) is 0 Å². The van der Waals surface area contributed by atoms with Gasteiger partial charge in [-0.25, -0.2) is 0 Å². The monoisotopic (exact) mass is 383 g/mol. The molecule has 1 atom stereocenters. The first-order valence-corrected chi connectivity index (χ1v) is 13.7. The van der Waals surface area contributed by atoms with Gasteiger partial charge < -0.3 is 37.2 Å². The Bertz CT molecular complexity index is 374. The molecule has 0 radical (unpaired) electrons. The molecule has 0 fully saturated rings. The van der Waals surface area contributed by atoms with Crippen molar-refractivity contribution in [3.05, 3.63) is 41.5 Å². The van der Waals surface area contributed by atoms with Gasteiger partial charge in [-0.1, -0.05) is 0 Å². The van der Waals surface area contributed by atoms with E-state index in [2.05, 4.69) is 56.1 Å². The molecule has 0 amide bonds. The molecule has 0 aromatic heterocycles. The molecule has 1 aromatic carbocycles. The minimum Gasteiger partial charge on any atom is -1.00 e. The summed E-state index contributed by atoms with van der Waals surface area (Å²) >= 11 is -0.223. The van der Waals surface area contributed by atoms with Crippen molar-refractivity contribution in [2.24, 2.45) is 0 Å². The molecule has 1 unspecified atom stereocenters. The van der Waals surface area contributed by atoms with Crippen LogP contribution in [-0.4, -0.2) is 5.20 Å². The predicted molar refractivity (Wildman–Crippen MR) is 61.6 cm³/mol. The molecular formula is C12H16Cl3SiZr. The van der Waals surface area contributed by atoms with Crippen molar-refractivity contribution in [1.82, 2.24) is 0 Å². The van der Waals surface area contributed by atoms with Crippen LogP contribution in [0.1, 0.15) is 14.8 Å². The van der Waals surface area contributed by atoms with Gasteiger partial charge in [-0.05, 0) is 0 Å². The van der Waals surface area contributed by atoms with Gasteiger partial charge in [0.1, 0.15) is 0 Å². The zero-order valence-corrected chi connectivity index (χ0v) is 15.9. The summed E-state index contributed by atoms with van der Waals surface area (Å²) < 4.78 is 0.862. The van der Waals surface area contributed by atoms with Crippen LogP contribution in [0, 0.1) is 0 Å². The van der Waals surface area contributed by atoms with Crippen LogP contribution in [-0.2, 0) is 22.4 Å². The molecule has 1 aliphatic carbocycles. The molecule has 1 aliphatic rings. The largest absolute Gasteiger partial charge is 1.00 e. The van der Waals surface area contributed by atoms with E-state index in [0.29, 0.717) is 0 Å². The van der Waals surface area contributed by atoms with Crippen LogP contribution < -0.4 is 37.2 Å². The van der Waals surface area contributed by atoms with E-state index in [1.807, 2.05) is 0 Å². The van der Waals surface area contributed by atoms with Gasteiger partial charge in [0.15, 0.2) is 0 Å². The Morgan fingerprint density at radius 2 is 1.59 bits per heavy atom. The second-order valence-corrected chi connectivity index (χ2v) is 24.4. The van der Waals surface area contributed by atoms with E-state index in [4.69, 9.17) is 0 Å². The molecule has 0 heterocycles. The molecule has 2 rings (SSSR count). The van der Waals surface area contributed by atoms with Crippen molar-refractivity contribution in [2.75, 3.05) is 0 Å². The molecule has 0 N–H and O–H groups in total. The summed E-state index contributed by atoms with van der Waals surface area (Å²) in [6, 6.07) is 8.89. The van der Waals surface area contributed by atoms with Gasteiger partial charge in [-0.3, -0.25) is 0 Å². The summed E-state index contributed by atoms with van der Waals surface area (Å²) in [6.07, 6.45) is 4.77. The van der Waals surface area contributed by atoms with E-state index in [9.17, 15) is 0 Å². The summed E-state index contributed by atoms with van der Waals surface area (Å²) in [5.41, 5.74) is 3.08. The van der Waals surface area contributed by atoms with Crippen LogP contribution in [0.25, 0.3) is 6.08 Å². The molecule has 17 heavy (non-hydrogen) atoms. The van der Waals surface area contributed by atoms with E-state index < -0.39 is 5.20 Å². The van der Waals surface area contributed by atoms with Crippen molar-refractivity contribution >= 4 is 11.3 Å². The summed E-state index contributed by atoms with van der Waals surface area (Å²) in [5, 5.41) is -0.772. The summed E-state index contributed by atoms with van der Waals surface area (Å²) in [6.45, 7) is 7.57. The average Bonchev–Trinajstić information content (AvgIpc) is 2.47. The van der Waals surface area contributed by atoms with E-state index in [1.165, 1.54) is 5.56 Å². The fourth-order valence-electron chi connectivity index (χ4n) is 1.84. The molecule has 0 nitrogen and oxygen atoms in total.